The molecule has 4 nitrogen and oxygen atoms in total. The van der Waals surface area contributed by atoms with Gasteiger partial charge in [0.15, 0.2) is 11.5 Å². The zero-order valence-corrected chi connectivity index (χ0v) is 18.9. The molecule has 0 saturated heterocycles. The maximum Gasteiger partial charge on any atom is 0.224 e. The van der Waals surface area contributed by atoms with E-state index in [1.54, 1.807) is 0 Å². The third-order valence-corrected chi connectivity index (χ3v) is 5.20. The van der Waals surface area contributed by atoms with Crippen LogP contribution in [0.4, 0.5) is 5.69 Å². The molecule has 3 rings (SSSR count). The highest BCUT2D eigenvalue weighted by molar-refractivity contribution is 5.94. The van der Waals surface area contributed by atoms with Crippen molar-refractivity contribution < 1.29 is 14.3 Å². The number of carbonyl (C=O) groups excluding carboxylic acids is 1. The number of aryl methyl sites for hydroxylation is 1. The van der Waals surface area contributed by atoms with E-state index in [0.717, 1.165) is 40.3 Å². The average molecular weight is 396 g/mol. The first-order chi connectivity index (χ1) is 13.4. The maximum absolute atomic E-state index is 12.7. The summed E-state index contributed by atoms with van der Waals surface area (Å²) in [6, 6.07) is 7.96. The van der Waals surface area contributed by atoms with Crippen molar-refractivity contribution in [2.24, 2.45) is 5.41 Å². The van der Waals surface area contributed by atoms with Crippen LogP contribution in [0.15, 0.2) is 24.3 Å². The topological polar surface area (TPSA) is 47.6 Å². The van der Waals surface area contributed by atoms with Crippen molar-refractivity contribution in [1.29, 1.82) is 0 Å². The number of ether oxygens (including phenoxy) is 2. The molecule has 0 unspecified atom stereocenters. The molecule has 0 fully saturated rings. The summed E-state index contributed by atoms with van der Waals surface area (Å²) in [6.07, 6.45) is 1.24. The number of rotatable bonds is 4. The van der Waals surface area contributed by atoms with Gasteiger partial charge in [-0.2, -0.15) is 0 Å². The number of anilines is 1. The molecule has 0 bridgehead atoms. The van der Waals surface area contributed by atoms with Crippen LogP contribution in [0.3, 0.4) is 0 Å². The third-order valence-electron chi connectivity index (χ3n) is 5.20. The Morgan fingerprint density at radius 2 is 1.72 bits per heavy atom. The molecular formula is C25H33NO3. The van der Waals surface area contributed by atoms with Crippen LogP contribution < -0.4 is 14.8 Å². The van der Waals surface area contributed by atoms with Crippen molar-refractivity contribution in [3.05, 3.63) is 46.5 Å². The molecule has 0 radical (unpaired) electrons. The van der Waals surface area contributed by atoms with Crippen LogP contribution in [0, 0.1) is 26.2 Å². The van der Waals surface area contributed by atoms with Gasteiger partial charge in [0.05, 0.1) is 5.69 Å². The Bertz CT molecular complexity index is 934. The highest BCUT2D eigenvalue weighted by Crippen LogP contribution is 2.50. The molecule has 1 N–H and O–H groups in total. The number of benzene rings is 2. The summed E-state index contributed by atoms with van der Waals surface area (Å²) in [6.45, 7) is 16.4. The molecule has 0 saturated carbocycles. The lowest BCUT2D eigenvalue weighted by Crippen LogP contribution is -2.24. The van der Waals surface area contributed by atoms with Crippen molar-refractivity contribution in [2.45, 2.75) is 73.8 Å². The van der Waals surface area contributed by atoms with E-state index >= 15 is 0 Å². The number of carbonyl (C=O) groups is 1. The van der Waals surface area contributed by atoms with Crippen LogP contribution in [0.5, 0.6) is 17.2 Å². The lowest BCUT2D eigenvalue weighted by Gasteiger charge is -2.22. The van der Waals surface area contributed by atoms with E-state index in [1.165, 1.54) is 5.56 Å². The van der Waals surface area contributed by atoms with E-state index in [4.69, 9.17) is 9.47 Å². The zero-order valence-electron chi connectivity index (χ0n) is 18.9. The summed E-state index contributed by atoms with van der Waals surface area (Å²) < 4.78 is 12.6. The van der Waals surface area contributed by atoms with Gasteiger partial charge in [0.1, 0.15) is 11.4 Å². The minimum absolute atomic E-state index is 0.0168. The fraction of sp³-hybridized carbons (Fsp3) is 0.480. The van der Waals surface area contributed by atoms with E-state index in [1.807, 2.05) is 38.1 Å². The first kappa shape index (κ1) is 21.2. The van der Waals surface area contributed by atoms with Gasteiger partial charge < -0.3 is 14.8 Å². The first-order valence-electron chi connectivity index (χ1n) is 10.3. The Morgan fingerprint density at radius 1 is 1.10 bits per heavy atom. The minimum Gasteiger partial charge on any atom is -0.483 e. The Morgan fingerprint density at radius 3 is 2.31 bits per heavy atom. The fourth-order valence-electron chi connectivity index (χ4n) is 3.78. The van der Waals surface area contributed by atoms with E-state index in [0.29, 0.717) is 12.2 Å². The minimum atomic E-state index is -0.307. The molecule has 4 heteroatoms. The maximum atomic E-state index is 12.7. The van der Waals surface area contributed by atoms with Crippen LogP contribution in [0.25, 0.3) is 0 Å². The van der Waals surface area contributed by atoms with E-state index in [-0.39, 0.29) is 16.9 Å². The van der Waals surface area contributed by atoms with Crippen LogP contribution in [-0.2, 0) is 11.2 Å². The largest absolute Gasteiger partial charge is 0.483 e. The molecular weight excluding hydrogens is 362 g/mol. The van der Waals surface area contributed by atoms with Crippen molar-refractivity contribution in [2.75, 3.05) is 5.32 Å². The third kappa shape index (κ3) is 4.75. The average Bonchev–Trinajstić information content (AvgIpc) is 2.91. The molecule has 1 heterocycles. The predicted octanol–water partition coefficient (Wildman–Crippen LogP) is 6.49. The highest BCUT2D eigenvalue weighted by atomic mass is 16.5. The molecule has 2 aromatic rings. The Hall–Kier alpha value is -2.49. The van der Waals surface area contributed by atoms with Crippen molar-refractivity contribution >= 4 is 11.6 Å². The van der Waals surface area contributed by atoms with Gasteiger partial charge in [0.25, 0.3) is 0 Å². The van der Waals surface area contributed by atoms with Gasteiger partial charge in [-0.05, 0) is 57.7 Å². The second kappa shape index (κ2) is 7.40. The summed E-state index contributed by atoms with van der Waals surface area (Å²) in [5.74, 6) is 2.25. The van der Waals surface area contributed by atoms with Gasteiger partial charge >= 0.3 is 0 Å². The van der Waals surface area contributed by atoms with Gasteiger partial charge in [-0.1, -0.05) is 38.5 Å². The second-order valence-corrected chi connectivity index (χ2v) is 10.0. The van der Waals surface area contributed by atoms with Crippen LogP contribution in [0.1, 0.15) is 63.3 Å². The second-order valence-electron chi connectivity index (χ2n) is 10.0. The van der Waals surface area contributed by atoms with Crippen LogP contribution >= 0.6 is 0 Å². The van der Waals surface area contributed by atoms with Crippen molar-refractivity contribution in [3.8, 4) is 17.2 Å². The Balaban J connectivity index is 2.06. The molecule has 0 aromatic heterocycles. The zero-order chi connectivity index (χ0) is 21.6. The molecule has 0 atom stereocenters. The molecule has 0 aliphatic carbocycles. The molecule has 29 heavy (non-hydrogen) atoms. The van der Waals surface area contributed by atoms with Gasteiger partial charge in [0.2, 0.25) is 5.91 Å². The van der Waals surface area contributed by atoms with Gasteiger partial charge in [-0.3, -0.25) is 4.79 Å². The number of amides is 1. The van der Waals surface area contributed by atoms with E-state index < -0.39 is 0 Å². The number of fused-ring (bicyclic) bond motifs is 1. The number of nitrogens with one attached hydrogen (secondary N) is 1. The molecule has 1 aliphatic rings. The Kier molecular flexibility index (Phi) is 5.42. The fourth-order valence-corrected chi connectivity index (χ4v) is 3.78. The lowest BCUT2D eigenvalue weighted by atomic mass is 9.91. The monoisotopic (exact) mass is 395 g/mol. The highest BCUT2D eigenvalue weighted by Gasteiger charge is 2.36. The SMILES string of the molecule is Cc1ccc(Oc2c(C)c(NC(=O)CC(C)(C)C)c(C)c3c2OC(C)(C)C3)cc1. The summed E-state index contributed by atoms with van der Waals surface area (Å²) in [5, 5.41) is 3.15. The van der Waals surface area contributed by atoms with Crippen LogP contribution in [-0.4, -0.2) is 11.5 Å². The normalized spacial score (nSPS) is 14.9. The van der Waals surface area contributed by atoms with Crippen molar-refractivity contribution in [3.63, 3.8) is 0 Å². The van der Waals surface area contributed by atoms with E-state index in [9.17, 15) is 4.79 Å². The number of hydrogen-bond donors (Lipinski definition) is 1. The first-order valence-corrected chi connectivity index (χ1v) is 10.3. The smallest absolute Gasteiger partial charge is 0.224 e. The number of hydrogen-bond acceptors (Lipinski definition) is 3. The van der Waals surface area contributed by atoms with E-state index in [2.05, 4.69) is 46.9 Å². The summed E-state index contributed by atoms with van der Waals surface area (Å²) in [7, 11) is 0. The van der Waals surface area contributed by atoms with Gasteiger partial charge in [0, 0.05) is 24.0 Å². The standard InChI is InChI=1S/C25H33NO3/c1-15-9-11-18(12-10-15)28-22-17(3)21(26-20(27)14-24(4,5)6)16(2)19-13-25(7,8)29-23(19)22/h9-12H,13-14H2,1-8H3,(H,26,27). The molecule has 2 aromatic carbocycles. The molecule has 156 valence electrons. The van der Waals surface area contributed by atoms with Crippen molar-refractivity contribution in [1.82, 2.24) is 0 Å². The predicted molar refractivity (Wildman–Crippen MR) is 118 cm³/mol. The van der Waals surface area contributed by atoms with Gasteiger partial charge in [-0.15, -0.1) is 0 Å². The summed E-state index contributed by atoms with van der Waals surface area (Å²) >= 11 is 0. The molecule has 1 aliphatic heterocycles. The molecule has 0 spiro atoms. The summed E-state index contributed by atoms with van der Waals surface area (Å²) in [4.78, 5) is 12.7. The van der Waals surface area contributed by atoms with Gasteiger partial charge in [-0.25, -0.2) is 0 Å². The summed E-state index contributed by atoms with van der Waals surface area (Å²) in [5.41, 5.74) is 4.68. The quantitative estimate of drug-likeness (QED) is 0.643. The lowest BCUT2D eigenvalue weighted by molar-refractivity contribution is -0.117. The molecule has 1 amide bonds. The Labute approximate surface area is 174 Å². The van der Waals surface area contributed by atoms with Crippen LogP contribution in [0.2, 0.25) is 0 Å².